The van der Waals surface area contributed by atoms with Crippen LogP contribution < -0.4 is 5.32 Å². The third kappa shape index (κ3) is 5.78. The summed E-state index contributed by atoms with van der Waals surface area (Å²) in [4.78, 5) is 38.6. The van der Waals surface area contributed by atoms with Crippen LogP contribution in [0.3, 0.4) is 0 Å². The van der Waals surface area contributed by atoms with Gasteiger partial charge in [0.2, 0.25) is 0 Å². The Bertz CT molecular complexity index is 899. The first-order chi connectivity index (χ1) is 15.0. The van der Waals surface area contributed by atoms with E-state index in [1.807, 2.05) is 37.3 Å². The van der Waals surface area contributed by atoms with Crippen molar-refractivity contribution in [2.75, 3.05) is 0 Å². The lowest BCUT2D eigenvalue weighted by Gasteiger charge is -2.43. The lowest BCUT2D eigenvalue weighted by molar-refractivity contribution is -0.158. The van der Waals surface area contributed by atoms with Gasteiger partial charge in [-0.1, -0.05) is 49.2 Å². The molecule has 6 heteroatoms. The van der Waals surface area contributed by atoms with Crippen LogP contribution in [0.15, 0.2) is 41.5 Å². The summed E-state index contributed by atoms with van der Waals surface area (Å²) in [5.74, 6) is -0.739. The standard InChI is InChI=1S/C26H35NO5/c1-17-19-13-9-10-14-26(19,5)16-21(22(17)28)31-23(29)20(15-18-11-7-6-8-12-18)27-24(30)32-25(2,3)4/h6-8,11-12,20-21H,9-10,13-16H2,1-5H3,(H,27,30)/t20?,21-,26+/m1/s1. The van der Waals surface area contributed by atoms with Crippen molar-refractivity contribution in [1.82, 2.24) is 5.32 Å². The van der Waals surface area contributed by atoms with Gasteiger partial charge in [-0.3, -0.25) is 4.79 Å². The molecule has 3 rings (SSSR count). The second kappa shape index (κ2) is 9.47. The van der Waals surface area contributed by atoms with Gasteiger partial charge in [0.1, 0.15) is 11.6 Å². The summed E-state index contributed by atoms with van der Waals surface area (Å²) in [6.45, 7) is 9.29. The number of benzene rings is 1. The number of amides is 1. The lowest BCUT2D eigenvalue weighted by Crippen LogP contribution is -2.48. The minimum Gasteiger partial charge on any atom is -0.452 e. The van der Waals surface area contributed by atoms with E-state index in [-0.39, 0.29) is 17.6 Å². The van der Waals surface area contributed by atoms with Gasteiger partial charge in [-0.15, -0.1) is 0 Å². The third-order valence-electron chi connectivity index (χ3n) is 6.40. The van der Waals surface area contributed by atoms with Gasteiger partial charge >= 0.3 is 12.1 Å². The molecular formula is C26H35NO5. The molecule has 2 aliphatic carbocycles. The average Bonchev–Trinajstić information content (AvgIpc) is 2.70. The predicted molar refractivity (Wildman–Crippen MR) is 122 cm³/mol. The van der Waals surface area contributed by atoms with Crippen LogP contribution in [0, 0.1) is 5.41 Å². The number of hydrogen-bond acceptors (Lipinski definition) is 5. The Morgan fingerprint density at radius 1 is 1.19 bits per heavy atom. The minimum absolute atomic E-state index is 0.116. The number of alkyl carbamates (subject to hydrolysis) is 1. The molecule has 174 valence electrons. The van der Waals surface area contributed by atoms with Crippen molar-refractivity contribution < 1.29 is 23.9 Å². The Labute approximate surface area is 190 Å². The molecule has 0 radical (unpaired) electrons. The first-order valence-corrected chi connectivity index (χ1v) is 11.5. The lowest BCUT2D eigenvalue weighted by atomic mass is 9.63. The molecule has 1 fully saturated rings. The summed E-state index contributed by atoms with van der Waals surface area (Å²) in [5, 5.41) is 2.64. The maximum absolute atomic E-state index is 13.2. The highest BCUT2D eigenvalue weighted by molar-refractivity contribution is 6.01. The van der Waals surface area contributed by atoms with Crippen LogP contribution in [-0.2, 0) is 25.5 Å². The van der Waals surface area contributed by atoms with Crippen LogP contribution in [0.1, 0.15) is 72.3 Å². The molecule has 0 spiro atoms. The first kappa shape index (κ1) is 24.0. The maximum Gasteiger partial charge on any atom is 0.408 e. The van der Waals surface area contributed by atoms with E-state index in [9.17, 15) is 14.4 Å². The molecule has 0 heterocycles. The molecule has 0 aromatic heterocycles. The molecule has 6 nitrogen and oxygen atoms in total. The molecule has 1 N–H and O–H groups in total. The molecule has 3 atom stereocenters. The van der Waals surface area contributed by atoms with Gasteiger partial charge in [0.05, 0.1) is 0 Å². The summed E-state index contributed by atoms with van der Waals surface area (Å²) in [6.07, 6.45) is 3.36. The number of esters is 1. The number of hydrogen-bond donors (Lipinski definition) is 1. The number of nitrogens with one attached hydrogen (secondary N) is 1. The maximum atomic E-state index is 13.2. The molecule has 1 saturated carbocycles. The highest BCUT2D eigenvalue weighted by Gasteiger charge is 2.44. The molecule has 1 amide bonds. The minimum atomic E-state index is -0.954. The molecule has 0 saturated heterocycles. The second-order valence-electron chi connectivity index (χ2n) is 10.3. The summed E-state index contributed by atoms with van der Waals surface area (Å²) >= 11 is 0. The quantitative estimate of drug-likeness (QED) is 0.657. The van der Waals surface area contributed by atoms with Crippen LogP contribution in [0.2, 0.25) is 0 Å². The Morgan fingerprint density at radius 3 is 2.53 bits per heavy atom. The van der Waals surface area contributed by atoms with Crippen LogP contribution in [0.25, 0.3) is 0 Å². The smallest absolute Gasteiger partial charge is 0.408 e. The second-order valence-corrected chi connectivity index (χ2v) is 10.3. The monoisotopic (exact) mass is 441 g/mol. The Balaban J connectivity index is 1.77. The van der Waals surface area contributed by atoms with Crippen molar-refractivity contribution in [3.05, 3.63) is 47.0 Å². The molecule has 1 unspecified atom stereocenters. The van der Waals surface area contributed by atoms with E-state index in [0.717, 1.165) is 36.8 Å². The van der Waals surface area contributed by atoms with E-state index < -0.39 is 29.8 Å². The fourth-order valence-corrected chi connectivity index (χ4v) is 4.84. The van der Waals surface area contributed by atoms with Crippen molar-refractivity contribution in [3.63, 3.8) is 0 Å². The molecule has 1 aromatic rings. The number of carbonyl (C=O) groups is 3. The van der Waals surface area contributed by atoms with Crippen molar-refractivity contribution in [1.29, 1.82) is 0 Å². The van der Waals surface area contributed by atoms with Crippen LogP contribution in [0.4, 0.5) is 4.79 Å². The number of carbonyl (C=O) groups excluding carboxylic acids is 3. The highest BCUT2D eigenvalue weighted by atomic mass is 16.6. The van der Waals surface area contributed by atoms with Crippen molar-refractivity contribution >= 4 is 17.8 Å². The average molecular weight is 442 g/mol. The topological polar surface area (TPSA) is 81.7 Å². The van der Waals surface area contributed by atoms with E-state index >= 15 is 0 Å². The largest absolute Gasteiger partial charge is 0.452 e. The molecule has 1 aromatic carbocycles. The fourth-order valence-electron chi connectivity index (χ4n) is 4.84. The van der Waals surface area contributed by atoms with Crippen molar-refractivity contribution in [2.24, 2.45) is 5.41 Å². The number of allylic oxidation sites excluding steroid dienone is 1. The summed E-state index contributed by atoms with van der Waals surface area (Å²) in [5.41, 5.74) is 2.01. The van der Waals surface area contributed by atoms with Gasteiger partial charge in [-0.05, 0) is 63.5 Å². The summed E-state index contributed by atoms with van der Waals surface area (Å²) in [6, 6.07) is 8.43. The first-order valence-electron chi connectivity index (χ1n) is 11.5. The summed E-state index contributed by atoms with van der Waals surface area (Å²) in [7, 11) is 0. The number of Topliss-reactive ketones (excluding diaryl/α,β-unsaturated/α-hetero) is 1. The zero-order valence-corrected chi connectivity index (χ0v) is 19.8. The zero-order valence-electron chi connectivity index (χ0n) is 19.8. The molecule has 0 bridgehead atoms. The van der Waals surface area contributed by atoms with Gasteiger partial charge in [0, 0.05) is 12.8 Å². The van der Waals surface area contributed by atoms with E-state index in [4.69, 9.17) is 9.47 Å². The number of fused-ring (bicyclic) bond motifs is 1. The Morgan fingerprint density at radius 2 is 1.88 bits per heavy atom. The third-order valence-corrected chi connectivity index (χ3v) is 6.40. The van der Waals surface area contributed by atoms with Gasteiger partial charge in [0.15, 0.2) is 11.9 Å². The van der Waals surface area contributed by atoms with Crippen molar-refractivity contribution in [2.45, 2.75) is 90.9 Å². The number of ketones is 1. The van der Waals surface area contributed by atoms with E-state index in [0.29, 0.717) is 6.42 Å². The fraction of sp³-hybridized carbons (Fsp3) is 0.577. The van der Waals surface area contributed by atoms with E-state index in [2.05, 4.69) is 12.2 Å². The Hall–Kier alpha value is -2.63. The van der Waals surface area contributed by atoms with Crippen LogP contribution >= 0.6 is 0 Å². The van der Waals surface area contributed by atoms with E-state index in [1.165, 1.54) is 5.57 Å². The summed E-state index contributed by atoms with van der Waals surface area (Å²) < 4.78 is 11.1. The molecule has 0 aliphatic heterocycles. The molecule has 32 heavy (non-hydrogen) atoms. The zero-order chi connectivity index (χ0) is 23.5. The highest BCUT2D eigenvalue weighted by Crippen LogP contribution is 2.49. The normalized spacial score (nSPS) is 24.4. The SMILES string of the molecule is CC1=C2CCCC[C@@]2(C)C[C@@H](OC(=O)C(Cc2ccccc2)NC(=O)OC(C)(C)C)C1=O. The van der Waals surface area contributed by atoms with E-state index in [1.54, 1.807) is 20.8 Å². The predicted octanol–water partition coefficient (Wildman–Crippen LogP) is 4.90. The van der Waals surface area contributed by atoms with Gasteiger partial charge < -0.3 is 14.8 Å². The van der Waals surface area contributed by atoms with Gasteiger partial charge in [-0.2, -0.15) is 0 Å². The molecule has 2 aliphatic rings. The number of ether oxygens (including phenoxy) is 2. The van der Waals surface area contributed by atoms with Crippen LogP contribution in [0.5, 0.6) is 0 Å². The van der Waals surface area contributed by atoms with Crippen molar-refractivity contribution in [3.8, 4) is 0 Å². The van der Waals surface area contributed by atoms with Gasteiger partial charge in [0.25, 0.3) is 0 Å². The van der Waals surface area contributed by atoms with Gasteiger partial charge in [-0.25, -0.2) is 9.59 Å². The Kier molecular flexibility index (Phi) is 7.11. The number of rotatable bonds is 5. The van der Waals surface area contributed by atoms with Crippen LogP contribution in [-0.4, -0.2) is 35.6 Å². The molecular weight excluding hydrogens is 406 g/mol.